The van der Waals surface area contributed by atoms with Gasteiger partial charge in [-0.15, -0.1) is 0 Å². The first kappa shape index (κ1) is 15.2. The highest BCUT2D eigenvalue weighted by atomic mass is 35.5. The summed E-state index contributed by atoms with van der Waals surface area (Å²) in [5.74, 6) is -0.565. The van der Waals surface area contributed by atoms with Crippen molar-refractivity contribution in [1.82, 2.24) is 10.2 Å². The van der Waals surface area contributed by atoms with Crippen molar-refractivity contribution in [3.05, 3.63) is 56.6 Å². The van der Waals surface area contributed by atoms with Crippen molar-refractivity contribution in [2.75, 3.05) is 19.7 Å². The number of carbonyl (C=O) groups is 1. The second-order valence-corrected chi connectivity index (χ2v) is 5.30. The maximum Gasteiger partial charge on any atom is 0.313 e. The molecule has 3 rings (SSSR count). The molecule has 8 nitrogen and oxygen atoms in total. The average molecular weight is 338 g/mol. The third kappa shape index (κ3) is 2.68. The number of benzene rings is 1. The first-order valence-corrected chi connectivity index (χ1v) is 7.12. The lowest BCUT2D eigenvalue weighted by molar-refractivity contribution is -0.385. The zero-order chi connectivity index (χ0) is 16.6. The van der Waals surface area contributed by atoms with Crippen molar-refractivity contribution in [3.8, 4) is 5.75 Å². The van der Waals surface area contributed by atoms with Gasteiger partial charge >= 0.3 is 5.69 Å². The molecular formula is C14H12ClN3O5. The molecule has 2 aliphatic rings. The number of hydrogen-bond acceptors (Lipinski definition) is 6. The molecule has 23 heavy (non-hydrogen) atoms. The van der Waals surface area contributed by atoms with Gasteiger partial charge in [0.05, 0.1) is 22.2 Å². The van der Waals surface area contributed by atoms with Gasteiger partial charge in [0.1, 0.15) is 6.61 Å². The Hall–Kier alpha value is -2.74. The van der Waals surface area contributed by atoms with Gasteiger partial charge in [0.25, 0.3) is 5.91 Å². The fourth-order valence-corrected chi connectivity index (χ4v) is 2.64. The van der Waals surface area contributed by atoms with Gasteiger partial charge in [-0.3, -0.25) is 14.9 Å². The van der Waals surface area contributed by atoms with E-state index in [1.54, 1.807) is 12.3 Å². The largest absolute Gasteiger partial charge is 0.501 e. The van der Waals surface area contributed by atoms with Gasteiger partial charge in [0, 0.05) is 24.4 Å². The lowest BCUT2D eigenvalue weighted by atomic mass is 10.1. The minimum Gasteiger partial charge on any atom is -0.501 e. The van der Waals surface area contributed by atoms with Gasteiger partial charge in [-0.25, -0.2) is 0 Å². The van der Waals surface area contributed by atoms with E-state index in [9.17, 15) is 20.0 Å². The van der Waals surface area contributed by atoms with Crippen LogP contribution >= 0.6 is 11.6 Å². The monoisotopic (exact) mass is 337 g/mol. The number of hydrogen-bond donors (Lipinski definition) is 2. The standard InChI is InChI=1S/C14H12ClN3O5/c15-9-5-8(6-11(13(9)19)18(21)22)14(20)17-3-4-23-12-7-16-2-1-10(12)17/h1,5-7,16,19H,2-4H2. The van der Waals surface area contributed by atoms with Crippen LogP contribution in [0.3, 0.4) is 0 Å². The number of aromatic hydroxyl groups is 1. The van der Waals surface area contributed by atoms with Crippen LogP contribution in [0.5, 0.6) is 5.75 Å². The molecule has 9 heteroatoms. The predicted molar refractivity (Wildman–Crippen MR) is 80.9 cm³/mol. The van der Waals surface area contributed by atoms with Crippen molar-refractivity contribution in [2.24, 2.45) is 0 Å². The number of nitrogens with zero attached hydrogens (tertiary/aromatic N) is 2. The molecule has 2 N–H and O–H groups in total. The smallest absolute Gasteiger partial charge is 0.313 e. The number of nitro benzene ring substituents is 1. The molecule has 1 amide bonds. The summed E-state index contributed by atoms with van der Waals surface area (Å²) in [6.07, 6.45) is 3.46. The number of fused-ring (bicyclic) bond motifs is 1. The van der Waals surface area contributed by atoms with Crippen molar-refractivity contribution in [2.45, 2.75) is 0 Å². The average Bonchev–Trinajstić information content (AvgIpc) is 2.55. The Morgan fingerprint density at radius 3 is 3.00 bits per heavy atom. The number of nitrogens with one attached hydrogen (secondary N) is 1. The normalized spacial score (nSPS) is 16.5. The van der Waals surface area contributed by atoms with Crippen molar-refractivity contribution >= 4 is 23.2 Å². The zero-order valence-corrected chi connectivity index (χ0v) is 12.5. The number of carbonyl (C=O) groups excluding carboxylic acids is 1. The molecule has 0 bridgehead atoms. The molecule has 1 aromatic rings. The van der Waals surface area contributed by atoms with Gasteiger partial charge in [-0.05, 0) is 12.1 Å². The molecule has 1 fully saturated rings. The molecule has 2 aliphatic heterocycles. The van der Waals surface area contributed by atoms with Crippen LogP contribution in [0.15, 0.2) is 35.9 Å². The second-order valence-electron chi connectivity index (χ2n) is 4.89. The Morgan fingerprint density at radius 1 is 1.48 bits per heavy atom. The maximum absolute atomic E-state index is 12.7. The summed E-state index contributed by atoms with van der Waals surface area (Å²) in [5, 5.41) is 23.3. The van der Waals surface area contributed by atoms with Gasteiger partial charge in [-0.2, -0.15) is 0 Å². The summed E-state index contributed by atoms with van der Waals surface area (Å²) >= 11 is 5.80. The first-order chi connectivity index (χ1) is 11.0. The molecule has 120 valence electrons. The highest BCUT2D eigenvalue weighted by Gasteiger charge is 2.30. The lowest BCUT2D eigenvalue weighted by Gasteiger charge is -2.33. The molecule has 1 saturated heterocycles. The van der Waals surface area contributed by atoms with E-state index in [2.05, 4.69) is 5.32 Å². The van der Waals surface area contributed by atoms with Crippen molar-refractivity contribution < 1.29 is 19.6 Å². The van der Waals surface area contributed by atoms with Crippen LogP contribution in [0.2, 0.25) is 5.02 Å². The van der Waals surface area contributed by atoms with E-state index in [4.69, 9.17) is 16.3 Å². The fourth-order valence-electron chi connectivity index (χ4n) is 2.42. The second kappa shape index (κ2) is 5.81. The Balaban J connectivity index is 1.99. The van der Waals surface area contributed by atoms with Crippen LogP contribution < -0.4 is 5.32 Å². The highest BCUT2D eigenvalue weighted by molar-refractivity contribution is 6.32. The van der Waals surface area contributed by atoms with Crippen LogP contribution in [0.4, 0.5) is 5.69 Å². The molecule has 2 heterocycles. The number of amides is 1. The molecule has 0 spiro atoms. The SMILES string of the molecule is O=C(c1cc(Cl)c(O)c([N+](=O)[O-])c1)N1CCOC2=CNCC=C21. The molecule has 0 radical (unpaired) electrons. The Kier molecular flexibility index (Phi) is 3.83. The first-order valence-electron chi connectivity index (χ1n) is 6.74. The summed E-state index contributed by atoms with van der Waals surface area (Å²) in [5.41, 5.74) is 0.0243. The van der Waals surface area contributed by atoms with Crippen LogP contribution in [0.1, 0.15) is 10.4 Å². The molecule has 0 aromatic heterocycles. The van der Waals surface area contributed by atoms with E-state index in [-0.39, 0.29) is 10.6 Å². The molecule has 0 unspecified atom stereocenters. The van der Waals surface area contributed by atoms with Crippen LogP contribution in [0, 0.1) is 10.1 Å². The van der Waals surface area contributed by atoms with E-state index in [1.165, 1.54) is 11.0 Å². The molecule has 0 saturated carbocycles. The van der Waals surface area contributed by atoms with Crippen LogP contribution in [0.25, 0.3) is 0 Å². The molecule has 1 aromatic carbocycles. The summed E-state index contributed by atoms with van der Waals surface area (Å²) < 4.78 is 5.47. The fraction of sp³-hybridized carbons (Fsp3) is 0.214. The lowest BCUT2D eigenvalue weighted by Crippen LogP contribution is -2.40. The maximum atomic E-state index is 12.7. The molecular weight excluding hydrogens is 326 g/mol. The zero-order valence-electron chi connectivity index (χ0n) is 11.8. The van der Waals surface area contributed by atoms with Gasteiger partial charge in [0.2, 0.25) is 5.75 Å². The Morgan fingerprint density at radius 2 is 2.26 bits per heavy atom. The van der Waals surface area contributed by atoms with E-state index >= 15 is 0 Å². The number of dihydropyridines is 1. The summed E-state index contributed by atoms with van der Waals surface area (Å²) in [4.78, 5) is 24.4. The summed E-state index contributed by atoms with van der Waals surface area (Å²) in [6, 6.07) is 2.23. The Bertz CT molecular complexity index is 759. The molecule has 0 atom stereocenters. The number of ether oxygens (including phenoxy) is 1. The third-order valence-corrected chi connectivity index (χ3v) is 3.78. The van der Waals surface area contributed by atoms with Gasteiger partial charge in [0.15, 0.2) is 5.76 Å². The predicted octanol–water partition coefficient (Wildman–Crippen LogP) is 1.75. The van der Waals surface area contributed by atoms with E-state index in [0.29, 0.717) is 31.2 Å². The number of phenols is 1. The van der Waals surface area contributed by atoms with E-state index < -0.39 is 22.3 Å². The van der Waals surface area contributed by atoms with E-state index in [1.807, 2.05) is 0 Å². The number of phenolic OH excluding ortho intramolecular Hbond substituents is 1. The highest BCUT2D eigenvalue weighted by Crippen LogP contribution is 2.36. The summed E-state index contributed by atoms with van der Waals surface area (Å²) in [7, 11) is 0. The van der Waals surface area contributed by atoms with Crippen LogP contribution in [-0.4, -0.2) is 40.5 Å². The van der Waals surface area contributed by atoms with Crippen molar-refractivity contribution in [1.29, 1.82) is 0 Å². The third-order valence-electron chi connectivity index (χ3n) is 3.49. The number of halogens is 1. The Labute approximate surface area is 135 Å². The minimum absolute atomic E-state index is 0.0279. The van der Waals surface area contributed by atoms with Crippen molar-refractivity contribution in [3.63, 3.8) is 0 Å². The summed E-state index contributed by atoms with van der Waals surface area (Å²) in [6.45, 7) is 1.17. The van der Waals surface area contributed by atoms with Gasteiger partial charge < -0.3 is 20.1 Å². The number of morpholine rings is 1. The van der Waals surface area contributed by atoms with Crippen LogP contribution in [-0.2, 0) is 4.74 Å². The number of rotatable bonds is 2. The number of nitro groups is 1. The quantitative estimate of drug-likeness (QED) is 0.629. The van der Waals surface area contributed by atoms with E-state index in [0.717, 1.165) is 6.07 Å². The topological polar surface area (TPSA) is 105 Å². The molecule has 0 aliphatic carbocycles. The minimum atomic E-state index is -0.785. The van der Waals surface area contributed by atoms with Gasteiger partial charge in [-0.1, -0.05) is 11.6 Å².